The lowest BCUT2D eigenvalue weighted by Crippen LogP contribution is -2.36. The number of carbonyl (C=O) groups is 2. The third-order valence-electron chi connectivity index (χ3n) is 3.41. The van der Waals surface area contributed by atoms with Crippen LogP contribution in [0.5, 0.6) is 0 Å². The summed E-state index contributed by atoms with van der Waals surface area (Å²) in [6.07, 6.45) is 9.74. The Morgan fingerprint density at radius 1 is 1.10 bits per heavy atom. The Morgan fingerprint density at radius 3 is 2.25 bits per heavy atom. The molecule has 0 aliphatic carbocycles. The van der Waals surface area contributed by atoms with Crippen molar-refractivity contribution in [2.75, 3.05) is 13.1 Å². The monoisotopic (exact) mass is 282 g/mol. The first-order chi connectivity index (χ1) is 9.56. The zero-order valence-electron chi connectivity index (χ0n) is 13.2. The molecule has 116 valence electrons. The molecule has 0 aliphatic heterocycles. The molecule has 0 aromatic carbocycles. The average Bonchev–Trinajstić information content (AvgIpc) is 2.42. The molecule has 0 spiro atoms. The Labute approximate surface area is 123 Å². The van der Waals surface area contributed by atoms with Gasteiger partial charge in [-0.3, -0.25) is 9.59 Å². The van der Waals surface area contributed by atoms with Crippen LogP contribution in [0.15, 0.2) is 12.2 Å². The smallest absolute Gasteiger partial charge is 0.229 e. The van der Waals surface area contributed by atoms with Gasteiger partial charge in [0.15, 0.2) is 0 Å². The SMILES string of the molecule is CCCCCCC=CC(CC(N)=O)C(=O)N(CC)CC. The molecule has 0 saturated carbocycles. The van der Waals surface area contributed by atoms with Crippen molar-refractivity contribution in [3.8, 4) is 0 Å². The Morgan fingerprint density at radius 2 is 1.75 bits per heavy atom. The van der Waals surface area contributed by atoms with Crippen LogP contribution in [0, 0.1) is 5.92 Å². The molecule has 4 nitrogen and oxygen atoms in total. The fourth-order valence-corrected chi connectivity index (χ4v) is 2.17. The van der Waals surface area contributed by atoms with Crippen molar-refractivity contribution in [3.63, 3.8) is 0 Å². The van der Waals surface area contributed by atoms with Crippen LogP contribution in [0.4, 0.5) is 0 Å². The highest BCUT2D eigenvalue weighted by molar-refractivity contribution is 5.86. The Kier molecular flexibility index (Phi) is 10.7. The second kappa shape index (κ2) is 11.5. The minimum atomic E-state index is -0.425. The third-order valence-corrected chi connectivity index (χ3v) is 3.41. The van der Waals surface area contributed by atoms with Gasteiger partial charge in [0, 0.05) is 19.5 Å². The second-order valence-corrected chi connectivity index (χ2v) is 5.06. The highest BCUT2D eigenvalue weighted by atomic mass is 16.2. The van der Waals surface area contributed by atoms with Crippen LogP contribution < -0.4 is 5.73 Å². The normalized spacial score (nSPS) is 12.6. The summed E-state index contributed by atoms with van der Waals surface area (Å²) >= 11 is 0. The predicted octanol–water partition coefficient (Wildman–Crippen LogP) is 2.87. The van der Waals surface area contributed by atoms with Gasteiger partial charge in [0.25, 0.3) is 0 Å². The zero-order chi connectivity index (χ0) is 15.4. The number of carbonyl (C=O) groups excluding carboxylic acids is 2. The third kappa shape index (κ3) is 7.97. The number of amides is 2. The number of unbranched alkanes of at least 4 members (excludes halogenated alkanes) is 4. The molecule has 0 fully saturated rings. The highest BCUT2D eigenvalue weighted by Gasteiger charge is 2.21. The van der Waals surface area contributed by atoms with E-state index < -0.39 is 11.8 Å². The summed E-state index contributed by atoms with van der Waals surface area (Å²) in [4.78, 5) is 25.1. The second-order valence-electron chi connectivity index (χ2n) is 5.06. The van der Waals surface area contributed by atoms with Gasteiger partial charge in [0.2, 0.25) is 11.8 Å². The Hall–Kier alpha value is -1.32. The molecular weight excluding hydrogens is 252 g/mol. The summed E-state index contributed by atoms with van der Waals surface area (Å²) in [6, 6.07) is 0. The van der Waals surface area contributed by atoms with E-state index in [1.807, 2.05) is 26.0 Å². The fourth-order valence-electron chi connectivity index (χ4n) is 2.17. The van der Waals surface area contributed by atoms with Crippen molar-refractivity contribution in [1.82, 2.24) is 4.90 Å². The van der Waals surface area contributed by atoms with E-state index in [1.54, 1.807) is 4.90 Å². The van der Waals surface area contributed by atoms with Gasteiger partial charge >= 0.3 is 0 Å². The summed E-state index contributed by atoms with van der Waals surface area (Å²) in [5.74, 6) is -0.830. The van der Waals surface area contributed by atoms with Crippen molar-refractivity contribution < 1.29 is 9.59 Å². The van der Waals surface area contributed by atoms with E-state index in [0.717, 1.165) is 12.8 Å². The summed E-state index contributed by atoms with van der Waals surface area (Å²) in [5, 5.41) is 0. The molecule has 2 amide bonds. The standard InChI is InChI=1S/C16H30N2O2/c1-4-7-8-9-10-11-12-14(13-15(17)19)16(20)18(5-2)6-3/h11-12,14H,4-10,13H2,1-3H3,(H2,17,19). The summed E-state index contributed by atoms with van der Waals surface area (Å²) in [6.45, 7) is 7.39. The van der Waals surface area contributed by atoms with Crippen molar-refractivity contribution in [2.45, 2.75) is 59.3 Å². The van der Waals surface area contributed by atoms with E-state index in [-0.39, 0.29) is 12.3 Å². The number of hydrogen-bond donors (Lipinski definition) is 1. The molecule has 0 radical (unpaired) electrons. The summed E-state index contributed by atoms with van der Waals surface area (Å²) in [5.41, 5.74) is 5.24. The maximum absolute atomic E-state index is 12.3. The fraction of sp³-hybridized carbons (Fsp3) is 0.750. The number of primary amides is 1. The molecule has 2 N–H and O–H groups in total. The molecule has 1 unspecified atom stereocenters. The maximum atomic E-state index is 12.3. The van der Waals surface area contributed by atoms with E-state index in [4.69, 9.17) is 5.73 Å². The maximum Gasteiger partial charge on any atom is 0.229 e. The molecule has 1 atom stereocenters. The average molecular weight is 282 g/mol. The van der Waals surface area contributed by atoms with E-state index in [1.165, 1.54) is 19.3 Å². The minimum Gasteiger partial charge on any atom is -0.370 e. The van der Waals surface area contributed by atoms with Gasteiger partial charge < -0.3 is 10.6 Å². The van der Waals surface area contributed by atoms with E-state index in [0.29, 0.717) is 13.1 Å². The summed E-state index contributed by atoms with van der Waals surface area (Å²) < 4.78 is 0. The topological polar surface area (TPSA) is 63.4 Å². The van der Waals surface area contributed by atoms with Crippen LogP contribution in [0.1, 0.15) is 59.3 Å². The number of hydrogen-bond acceptors (Lipinski definition) is 2. The molecule has 0 aromatic rings. The van der Waals surface area contributed by atoms with Crippen LogP contribution in [-0.2, 0) is 9.59 Å². The first-order valence-corrected chi connectivity index (χ1v) is 7.80. The largest absolute Gasteiger partial charge is 0.370 e. The van der Waals surface area contributed by atoms with Gasteiger partial charge in [-0.25, -0.2) is 0 Å². The number of nitrogens with zero attached hydrogens (tertiary/aromatic N) is 1. The van der Waals surface area contributed by atoms with Crippen molar-refractivity contribution >= 4 is 11.8 Å². The van der Waals surface area contributed by atoms with Crippen LogP contribution in [-0.4, -0.2) is 29.8 Å². The summed E-state index contributed by atoms with van der Waals surface area (Å²) in [7, 11) is 0. The van der Waals surface area contributed by atoms with Gasteiger partial charge in [-0.05, 0) is 26.7 Å². The molecule has 0 aliphatic rings. The van der Waals surface area contributed by atoms with Gasteiger partial charge in [0.05, 0.1) is 5.92 Å². The molecule has 4 heteroatoms. The molecule has 0 bridgehead atoms. The zero-order valence-corrected chi connectivity index (χ0v) is 13.2. The number of allylic oxidation sites excluding steroid dienone is 1. The van der Waals surface area contributed by atoms with Crippen LogP contribution in [0.25, 0.3) is 0 Å². The Bertz CT molecular complexity index is 310. The molecule has 0 heterocycles. The number of rotatable bonds is 11. The van der Waals surface area contributed by atoms with E-state index in [2.05, 4.69) is 6.92 Å². The van der Waals surface area contributed by atoms with Gasteiger partial charge in [-0.1, -0.05) is 38.3 Å². The molecule has 0 aromatic heterocycles. The van der Waals surface area contributed by atoms with Crippen LogP contribution in [0.3, 0.4) is 0 Å². The number of nitrogens with two attached hydrogens (primary N) is 1. The predicted molar refractivity (Wildman–Crippen MR) is 83.1 cm³/mol. The molecule has 20 heavy (non-hydrogen) atoms. The lowest BCUT2D eigenvalue weighted by atomic mass is 10.0. The van der Waals surface area contributed by atoms with E-state index in [9.17, 15) is 9.59 Å². The first-order valence-electron chi connectivity index (χ1n) is 7.80. The van der Waals surface area contributed by atoms with Gasteiger partial charge in [-0.15, -0.1) is 0 Å². The van der Waals surface area contributed by atoms with E-state index >= 15 is 0 Å². The van der Waals surface area contributed by atoms with Gasteiger partial charge in [0.1, 0.15) is 0 Å². The van der Waals surface area contributed by atoms with Crippen molar-refractivity contribution in [3.05, 3.63) is 12.2 Å². The van der Waals surface area contributed by atoms with Crippen molar-refractivity contribution in [2.24, 2.45) is 11.7 Å². The van der Waals surface area contributed by atoms with Crippen LogP contribution >= 0.6 is 0 Å². The molecule has 0 rings (SSSR count). The quantitative estimate of drug-likeness (QED) is 0.468. The minimum absolute atomic E-state index is 0.00129. The van der Waals surface area contributed by atoms with Crippen LogP contribution in [0.2, 0.25) is 0 Å². The highest BCUT2D eigenvalue weighted by Crippen LogP contribution is 2.12. The lowest BCUT2D eigenvalue weighted by molar-refractivity contribution is -0.135. The molecule has 0 saturated heterocycles. The Balaban J connectivity index is 4.44. The first kappa shape index (κ1) is 18.7. The molecular formula is C16H30N2O2. The van der Waals surface area contributed by atoms with Gasteiger partial charge in [-0.2, -0.15) is 0 Å². The lowest BCUT2D eigenvalue weighted by Gasteiger charge is -2.22. The van der Waals surface area contributed by atoms with Crippen molar-refractivity contribution in [1.29, 1.82) is 0 Å².